The monoisotopic (exact) mass is 277 g/mol. The second-order valence-corrected chi connectivity index (χ2v) is 5.25. The van der Waals surface area contributed by atoms with E-state index in [4.69, 9.17) is 9.47 Å². The Bertz CT molecular complexity index is 445. The lowest BCUT2D eigenvalue weighted by atomic mass is 9.94. The fourth-order valence-electron chi connectivity index (χ4n) is 2.87. The van der Waals surface area contributed by atoms with Crippen molar-refractivity contribution >= 4 is 5.91 Å². The van der Waals surface area contributed by atoms with E-state index in [1.165, 1.54) is 19.3 Å². The van der Waals surface area contributed by atoms with Crippen molar-refractivity contribution in [2.75, 3.05) is 21.3 Å². The average molecular weight is 277 g/mol. The summed E-state index contributed by atoms with van der Waals surface area (Å²) in [6, 6.07) is 5.75. The zero-order chi connectivity index (χ0) is 14.5. The van der Waals surface area contributed by atoms with Crippen LogP contribution in [0.3, 0.4) is 0 Å². The molecule has 0 spiro atoms. The number of carbonyl (C=O) groups excluding carboxylic acids is 1. The molecule has 0 N–H and O–H groups in total. The van der Waals surface area contributed by atoms with E-state index in [1.54, 1.807) is 26.4 Å². The highest BCUT2D eigenvalue weighted by Gasteiger charge is 2.27. The van der Waals surface area contributed by atoms with Crippen molar-refractivity contribution < 1.29 is 14.3 Å². The van der Waals surface area contributed by atoms with Gasteiger partial charge in [0.05, 0.1) is 14.2 Å². The van der Waals surface area contributed by atoms with Crippen molar-refractivity contribution in [3.63, 3.8) is 0 Å². The molecule has 1 aliphatic rings. The van der Waals surface area contributed by atoms with Crippen LogP contribution in [0, 0.1) is 0 Å². The molecule has 0 heterocycles. The first kappa shape index (κ1) is 14.7. The average Bonchev–Trinajstić information content (AvgIpc) is 2.53. The maximum absolute atomic E-state index is 12.8. The van der Waals surface area contributed by atoms with Crippen LogP contribution in [0.5, 0.6) is 11.5 Å². The van der Waals surface area contributed by atoms with Crippen LogP contribution < -0.4 is 9.47 Å². The summed E-state index contributed by atoms with van der Waals surface area (Å²) >= 11 is 0. The van der Waals surface area contributed by atoms with Gasteiger partial charge in [0.25, 0.3) is 5.91 Å². The third-order valence-corrected chi connectivity index (χ3v) is 4.08. The summed E-state index contributed by atoms with van der Waals surface area (Å²) in [6.07, 6.45) is 5.84. The van der Waals surface area contributed by atoms with Crippen LogP contribution in [-0.2, 0) is 0 Å². The highest BCUT2D eigenvalue weighted by Crippen LogP contribution is 2.31. The van der Waals surface area contributed by atoms with Crippen LogP contribution in [0.4, 0.5) is 0 Å². The Labute approximate surface area is 120 Å². The van der Waals surface area contributed by atoms with Gasteiger partial charge in [0, 0.05) is 13.1 Å². The third kappa shape index (κ3) is 2.89. The number of ether oxygens (including phenoxy) is 2. The zero-order valence-electron chi connectivity index (χ0n) is 12.5. The van der Waals surface area contributed by atoms with Crippen molar-refractivity contribution in [2.24, 2.45) is 0 Å². The van der Waals surface area contributed by atoms with Gasteiger partial charge in [0.1, 0.15) is 17.1 Å². The first-order valence-corrected chi connectivity index (χ1v) is 7.17. The van der Waals surface area contributed by atoms with Gasteiger partial charge in [0.2, 0.25) is 0 Å². The van der Waals surface area contributed by atoms with Crippen LogP contribution >= 0.6 is 0 Å². The number of amides is 1. The van der Waals surface area contributed by atoms with Gasteiger partial charge >= 0.3 is 0 Å². The highest BCUT2D eigenvalue weighted by atomic mass is 16.5. The summed E-state index contributed by atoms with van der Waals surface area (Å²) in [5, 5.41) is 0. The summed E-state index contributed by atoms with van der Waals surface area (Å²) in [5.41, 5.74) is 0.519. The summed E-state index contributed by atoms with van der Waals surface area (Å²) in [6.45, 7) is 0. The quantitative estimate of drug-likeness (QED) is 0.849. The molecule has 0 saturated heterocycles. The highest BCUT2D eigenvalue weighted by molar-refractivity contribution is 5.99. The molecular formula is C16H23NO3. The minimum absolute atomic E-state index is 0.0220. The SMILES string of the molecule is COc1cccc(OC)c1C(=O)N(C)C1CCCCC1. The maximum atomic E-state index is 12.8. The summed E-state index contributed by atoms with van der Waals surface area (Å²) in [7, 11) is 5.03. The number of rotatable bonds is 4. The number of carbonyl (C=O) groups is 1. The standard InChI is InChI=1S/C16H23NO3/c1-17(12-8-5-4-6-9-12)16(18)15-13(19-2)10-7-11-14(15)20-3/h7,10-12H,4-6,8-9H2,1-3H3. The number of hydrogen-bond donors (Lipinski definition) is 0. The Morgan fingerprint density at radius 2 is 1.65 bits per heavy atom. The Morgan fingerprint density at radius 3 is 2.15 bits per heavy atom. The van der Waals surface area contributed by atoms with E-state index in [9.17, 15) is 4.79 Å². The minimum Gasteiger partial charge on any atom is -0.496 e. The molecule has 1 aromatic rings. The fraction of sp³-hybridized carbons (Fsp3) is 0.562. The normalized spacial score (nSPS) is 15.8. The van der Waals surface area contributed by atoms with Crippen molar-refractivity contribution in [3.05, 3.63) is 23.8 Å². The van der Waals surface area contributed by atoms with Crippen molar-refractivity contribution in [2.45, 2.75) is 38.1 Å². The smallest absolute Gasteiger partial charge is 0.261 e. The molecule has 4 nitrogen and oxygen atoms in total. The largest absolute Gasteiger partial charge is 0.496 e. The molecule has 110 valence electrons. The van der Waals surface area contributed by atoms with Gasteiger partial charge in [-0.05, 0) is 25.0 Å². The van der Waals surface area contributed by atoms with Gasteiger partial charge in [-0.2, -0.15) is 0 Å². The molecule has 1 fully saturated rings. The molecule has 0 bridgehead atoms. The molecule has 0 unspecified atom stereocenters. The molecule has 0 atom stereocenters. The predicted molar refractivity (Wildman–Crippen MR) is 78.5 cm³/mol. The maximum Gasteiger partial charge on any atom is 0.261 e. The van der Waals surface area contributed by atoms with E-state index in [2.05, 4.69) is 0 Å². The Balaban J connectivity index is 2.27. The first-order chi connectivity index (χ1) is 9.69. The fourth-order valence-corrected chi connectivity index (χ4v) is 2.87. The molecule has 0 radical (unpaired) electrons. The summed E-state index contributed by atoms with van der Waals surface area (Å²) in [5.74, 6) is 1.11. The lowest BCUT2D eigenvalue weighted by Gasteiger charge is -2.31. The number of hydrogen-bond acceptors (Lipinski definition) is 3. The van der Waals surface area contributed by atoms with Crippen LogP contribution in [0.15, 0.2) is 18.2 Å². The van der Waals surface area contributed by atoms with Crippen LogP contribution in [0.25, 0.3) is 0 Å². The number of benzene rings is 1. The summed E-state index contributed by atoms with van der Waals surface area (Å²) < 4.78 is 10.6. The van der Waals surface area contributed by atoms with Gasteiger partial charge in [-0.1, -0.05) is 25.3 Å². The lowest BCUT2D eigenvalue weighted by Crippen LogP contribution is -2.38. The van der Waals surface area contributed by atoms with E-state index in [0.717, 1.165) is 12.8 Å². The van der Waals surface area contributed by atoms with Gasteiger partial charge in [-0.25, -0.2) is 0 Å². The molecule has 1 aliphatic carbocycles. The van der Waals surface area contributed by atoms with Gasteiger partial charge in [0.15, 0.2) is 0 Å². The Morgan fingerprint density at radius 1 is 1.10 bits per heavy atom. The van der Waals surface area contributed by atoms with Crippen molar-refractivity contribution in [1.82, 2.24) is 4.90 Å². The van der Waals surface area contributed by atoms with Crippen LogP contribution in [0.1, 0.15) is 42.5 Å². The first-order valence-electron chi connectivity index (χ1n) is 7.17. The zero-order valence-corrected chi connectivity index (χ0v) is 12.5. The van der Waals surface area contributed by atoms with Crippen molar-refractivity contribution in [1.29, 1.82) is 0 Å². The van der Waals surface area contributed by atoms with Crippen LogP contribution in [-0.4, -0.2) is 38.1 Å². The van der Waals surface area contributed by atoms with Gasteiger partial charge < -0.3 is 14.4 Å². The molecule has 20 heavy (non-hydrogen) atoms. The molecule has 0 aliphatic heterocycles. The number of nitrogens with zero attached hydrogens (tertiary/aromatic N) is 1. The number of methoxy groups -OCH3 is 2. The molecule has 2 rings (SSSR count). The minimum atomic E-state index is -0.0220. The van der Waals surface area contributed by atoms with Crippen molar-refractivity contribution in [3.8, 4) is 11.5 Å². The molecule has 4 heteroatoms. The van der Waals surface area contributed by atoms with E-state index in [0.29, 0.717) is 23.1 Å². The van der Waals surface area contributed by atoms with E-state index >= 15 is 0 Å². The van der Waals surface area contributed by atoms with E-state index in [1.807, 2.05) is 18.0 Å². The van der Waals surface area contributed by atoms with Gasteiger partial charge in [-0.3, -0.25) is 4.79 Å². The second-order valence-electron chi connectivity index (χ2n) is 5.25. The second kappa shape index (κ2) is 6.64. The molecular weight excluding hydrogens is 254 g/mol. The van der Waals surface area contributed by atoms with E-state index in [-0.39, 0.29) is 5.91 Å². The van der Waals surface area contributed by atoms with Crippen LogP contribution in [0.2, 0.25) is 0 Å². The topological polar surface area (TPSA) is 38.8 Å². The predicted octanol–water partition coefficient (Wildman–Crippen LogP) is 3.11. The van der Waals surface area contributed by atoms with Gasteiger partial charge in [-0.15, -0.1) is 0 Å². The Hall–Kier alpha value is -1.71. The molecule has 1 aromatic carbocycles. The molecule has 0 aromatic heterocycles. The molecule has 1 saturated carbocycles. The third-order valence-electron chi connectivity index (χ3n) is 4.08. The molecule has 1 amide bonds. The lowest BCUT2D eigenvalue weighted by molar-refractivity contribution is 0.0689. The van der Waals surface area contributed by atoms with E-state index < -0.39 is 0 Å². The summed E-state index contributed by atoms with van der Waals surface area (Å²) in [4.78, 5) is 14.6. The Kier molecular flexibility index (Phi) is 4.88.